The number of allylic oxidation sites excluding steroid dienone is 2. The van der Waals surface area contributed by atoms with Gasteiger partial charge in [-0.05, 0) is 37.2 Å². The zero-order valence-electron chi connectivity index (χ0n) is 9.84. The van der Waals surface area contributed by atoms with Crippen LogP contribution in [0.1, 0.15) is 47.0 Å². The summed E-state index contributed by atoms with van der Waals surface area (Å²) in [5.74, 6) is 1.10. The molecule has 1 aliphatic rings. The van der Waals surface area contributed by atoms with Crippen molar-refractivity contribution in [3.05, 3.63) is 12.2 Å². The molecule has 1 saturated carbocycles. The standard InChI is InChI=1S/C13H22O/c1-5-7-11(14)12-10(2)8-6-9-13(12,3)4/h5,7,10,12H,6,8-9H2,1-4H3/b7-5-/t10-,12+/m1/s1. The van der Waals surface area contributed by atoms with Crippen LogP contribution >= 0.6 is 0 Å². The molecule has 0 heterocycles. The Balaban J connectivity index is 2.85. The predicted molar refractivity (Wildman–Crippen MR) is 60.1 cm³/mol. The molecule has 1 rings (SSSR count). The lowest BCUT2D eigenvalue weighted by molar-refractivity contribution is -0.125. The Hall–Kier alpha value is -0.590. The molecule has 80 valence electrons. The lowest BCUT2D eigenvalue weighted by atomic mass is 9.62. The van der Waals surface area contributed by atoms with Crippen molar-refractivity contribution in [3.63, 3.8) is 0 Å². The van der Waals surface area contributed by atoms with E-state index in [9.17, 15) is 4.79 Å². The number of hydrogen-bond donors (Lipinski definition) is 0. The van der Waals surface area contributed by atoms with Gasteiger partial charge in [0.25, 0.3) is 0 Å². The third-order valence-electron chi connectivity index (χ3n) is 3.53. The Labute approximate surface area is 87.6 Å². The number of hydrogen-bond acceptors (Lipinski definition) is 1. The summed E-state index contributed by atoms with van der Waals surface area (Å²) in [6.45, 7) is 8.59. The van der Waals surface area contributed by atoms with Gasteiger partial charge in [0.2, 0.25) is 0 Å². The fourth-order valence-electron chi connectivity index (χ4n) is 2.91. The molecule has 0 spiro atoms. The summed E-state index contributed by atoms with van der Waals surface area (Å²) in [4.78, 5) is 11.9. The highest BCUT2D eigenvalue weighted by atomic mass is 16.1. The Kier molecular flexibility index (Phi) is 3.52. The van der Waals surface area contributed by atoms with Gasteiger partial charge in [0.1, 0.15) is 0 Å². The van der Waals surface area contributed by atoms with Crippen molar-refractivity contribution < 1.29 is 4.79 Å². The highest BCUT2D eigenvalue weighted by Crippen LogP contribution is 2.44. The monoisotopic (exact) mass is 194 g/mol. The van der Waals surface area contributed by atoms with Crippen LogP contribution in [-0.2, 0) is 4.79 Å². The molecule has 1 aliphatic carbocycles. The minimum atomic E-state index is 0.189. The average Bonchev–Trinajstić information content (AvgIpc) is 2.02. The minimum Gasteiger partial charge on any atom is -0.295 e. The normalized spacial score (nSPS) is 32.0. The SMILES string of the molecule is C/C=C\C(=O)[C@@H]1[C@H](C)CCCC1(C)C. The molecular weight excluding hydrogens is 172 g/mol. The van der Waals surface area contributed by atoms with Crippen LogP contribution in [0.5, 0.6) is 0 Å². The first-order chi connectivity index (χ1) is 6.49. The van der Waals surface area contributed by atoms with Gasteiger partial charge in [0, 0.05) is 5.92 Å². The van der Waals surface area contributed by atoms with Gasteiger partial charge in [-0.25, -0.2) is 0 Å². The highest BCUT2D eigenvalue weighted by Gasteiger charge is 2.40. The van der Waals surface area contributed by atoms with Gasteiger partial charge in [-0.1, -0.05) is 33.3 Å². The lowest BCUT2D eigenvalue weighted by Gasteiger charge is -2.41. The molecule has 0 aromatic heterocycles. The second kappa shape index (κ2) is 4.29. The first-order valence-electron chi connectivity index (χ1n) is 5.65. The van der Waals surface area contributed by atoms with E-state index in [1.165, 1.54) is 19.3 Å². The number of carbonyl (C=O) groups excluding carboxylic acids is 1. The van der Waals surface area contributed by atoms with E-state index in [2.05, 4.69) is 20.8 Å². The van der Waals surface area contributed by atoms with E-state index in [0.717, 1.165) is 0 Å². The molecule has 0 radical (unpaired) electrons. The van der Waals surface area contributed by atoms with Crippen molar-refractivity contribution in [3.8, 4) is 0 Å². The maximum atomic E-state index is 11.9. The molecule has 14 heavy (non-hydrogen) atoms. The van der Waals surface area contributed by atoms with Crippen LogP contribution in [0.15, 0.2) is 12.2 Å². The Morgan fingerprint density at radius 1 is 1.43 bits per heavy atom. The molecule has 0 unspecified atom stereocenters. The Morgan fingerprint density at radius 3 is 2.57 bits per heavy atom. The molecule has 1 fully saturated rings. The van der Waals surface area contributed by atoms with Crippen molar-refractivity contribution in [1.29, 1.82) is 0 Å². The number of ketones is 1. The van der Waals surface area contributed by atoms with Crippen LogP contribution in [0.3, 0.4) is 0 Å². The third-order valence-corrected chi connectivity index (χ3v) is 3.53. The van der Waals surface area contributed by atoms with Gasteiger partial charge in [-0.2, -0.15) is 0 Å². The summed E-state index contributed by atoms with van der Waals surface area (Å²) in [6.07, 6.45) is 7.27. The smallest absolute Gasteiger partial charge is 0.159 e. The van der Waals surface area contributed by atoms with E-state index >= 15 is 0 Å². The molecule has 0 aromatic carbocycles. The van der Waals surface area contributed by atoms with Crippen LogP contribution in [0.25, 0.3) is 0 Å². The first kappa shape index (κ1) is 11.5. The van der Waals surface area contributed by atoms with Gasteiger partial charge < -0.3 is 0 Å². The largest absolute Gasteiger partial charge is 0.295 e. The van der Waals surface area contributed by atoms with Crippen molar-refractivity contribution in [2.75, 3.05) is 0 Å². The van der Waals surface area contributed by atoms with E-state index in [0.29, 0.717) is 11.7 Å². The second-order valence-corrected chi connectivity index (χ2v) is 5.24. The summed E-state index contributed by atoms with van der Waals surface area (Å²) in [7, 11) is 0. The van der Waals surface area contributed by atoms with E-state index in [-0.39, 0.29) is 11.3 Å². The van der Waals surface area contributed by atoms with Crippen molar-refractivity contribution in [1.82, 2.24) is 0 Å². The van der Waals surface area contributed by atoms with E-state index in [1.54, 1.807) is 6.08 Å². The van der Waals surface area contributed by atoms with Crippen molar-refractivity contribution >= 4 is 5.78 Å². The first-order valence-corrected chi connectivity index (χ1v) is 5.65. The van der Waals surface area contributed by atoms with Gasteiger partial charge in [-0.3, -0.25) is 4.79 Å². The zero-order valence-corrected chi connectivity index (χ0v) is 9.84. The molecule has 0 amide bonds. The van der Waals surface area contributed by atoms with Crippen molar-refractivity contribution in [2.24, 2.45) is 17.3 Å². The second-order valence-electron chi connectivity index (χ2n) is 5.24. The maximum absolute atomic E-state index is 11.9. The zero-order chi connectivity index (χ0) is 10.8. The maximum Gasteiger partial charge on any atom is 0.159 e. The fraction of sp³-hybridized carbons (Fsp3) is 0.769. The van der Waals surface area contributed by atoms with Crippen molar-refractivity contribution in [2.45, 2.75) is 47.0 Å². The molecular formula is C13H22O. The van der Waals surface area contributed by atoms with Crippen LogP contribution in [-0.4, -0.2) is 5.78 Å². The Morgan fingerprint density at radius 2 is 2.07 bits per heavy atom. The number of rotatable bonds is 2. The summed E-state index contributed by atoms with van der Waals surface area (Å²) in [5.41, 5.74) is 0.189. The summed E-state index contributed by atoms with van der Waals surface area (Å²) >= 11 is 0. The molecule has 0 N–H and O–H groups in total. The molecule has 0 saturated heterocycles. The molecule has 0 aliphatic heterocycles. The highest BCUT2D eigenvalue weighted by molar-refractivity contribution is 5.92. The lowest BCUT2D eigenvalue weighted by Crippen LogP contribution is -2.38. The van der Waals surface area contributed by atoms with Gasteiger partial charge in [0.05, 0.1) is 0 Å². The van der Waals surface area contributed by atoms with Gasteiger partial charge in [0.15, 0.2) is 5.78 Å². The van der Waals surface area contributed by atoms with E-state index < -0.39 is 0 Å². The fourth-order valence-corrected chi connectivity index (χ4v) is 2.91. The van der Waals surface area contributed by atoms with E-state index in [1.807, 2.05) is 13.0 Å². The van der Waals surface area contributed by atoms with Crippen LogP contribution < -0.4 is 0 Å². The quantitative estimate of drug-likeness (QED) is 0.614. The summed E-state index contributed by atoms with van der Waals surface area (Å²) in [6, 6.07) is 0. The average molecular weight is 194 g/mol. The van der Waals surface area contributed by atoms with Crippen LogP contribution in [0.4, 0.5) is 0 Å². The molecule has 1 nitrogen and oxygen atoms in total. The van der Waals surface area contributed by atoms with Gasteiger partial charge in [-0.15, -0.1) is 0 Å². The van der Waals surface area contributed by atoms with Crippen LogP contribution in [0.2, 0.25) is 0 Å². The van der Waals surface area contributed by atoms with Crippen LogP contribution in [0, 0.1) is 17.3 Å². The predicted octanol–water partition coefficient (Wildman–Crippen LogP) is 3.59. The Bertz CT molecular complexity index is 238. The number of carbonyl (C=O) groups is 1. The van der Waals surface area contributed by atoms with E-state index in [4.69, 9.17) is 0 Å². The third kappa shape index (κ3) is 2.26. The molecule has 2 atom stereocenters. The molecule has 0 bridgehead atoms. The molecule has 0 aromatic rings. The summed E-state index contributed by atoms with van der Waals surface area (Å²) < 4.78 is 0. The minimum absolute atomic E-state index is 0.189. The summed E-state index contributed by atoms with van der Waals surface area (Å²) in [5, 5.41) is 0. The van der Waals surface area contributed by atoms with Gasteiger partial charge >= 0.3 is 0 Å². The topological polar surface area (TPSA) is 17.1 Å². The molecule has 1 heteroatoms.